The summed E-state index contributed by atoms with van der Waals surface area (Å²) in [6.45, 7) is 5.09. The second-order valence-corrected chi connectivity index (χ2v) is 9.60. The Kier molecular flexibility index (Phi) is 7.78. The summed E-state index contributed by atoms with van der Waals surface area (Å²) >= 11 is 0. The largest absolute Gasteiger partial charge is 0.376 e. The number of benzene rings is 1. The van der Waals surface area contributed by atoms with Crippen molar-refractivity contribution in [2.24, 2.45) is 11.8 Å². The number of hydrogen-bond donors (Lipinski definition) is 0. The van der Waals surface area contributed by atoms with Crippen LogP contribution < -0.4 is 0 Å². The first-order valence-corrected chi connectivity index (χ1v) is 12.0. The third kappa shape index (κ3) is 6.04. The molecule has 166 valence electrons. The summed E-state index contributed by atoms with van der Waals surface area (Å²) in [5.74, 6) is 1.36. The Morgan fingerprint density at radius 1 is 1.00 bits per heavy atom. The second kappa shape index (κ2) is 10.7. The number of piperidine rings is 1. The zero-order chi connectivity index (χ0) is 20.8. The number of nitrogens with zero attached hydrogens (tertiary/aromatic N) is 2. The quantitative estimate of drug-likeness (QED) is 0.620. The SMILES string of the molecule is O=C(CC1CCCC1)N(CC1CCN(Cc2ccccc2F)CC1)CC1CCCO1. The fourth-order valence-electron chi connectivity index (χ4n) is 5.41. The second-order valence-electron chi connectivity index (χ2n) is 9.60. The fraction of sp³-hybridized carbons (Fsp3) is 0.720. The van der Waals surface area contributed by atoms with Crippen molar-refractivity contribution in [1.29, 1.82) is 0 Å². The minimum Gasteiger partial charge on any atom is -0.376 e. The van der Waals surface area contributed by atoms with E-state index in [9.17, 15) is 9.18 Å². The van der Waals surface area contributed by atoms with Crippen molar-refractivity contribution < 1.29 is 13.9 Å². The molecule has 1 saturated carbocycles. The van der Waals surface area contributed by atoms with Gasteiger partial charge in [-0.15, -0.1) is 0 Å². The molecule has 3 fully saturated rings. The van der Waals surface area contributed by atoms with Gasteiger partial charge in [-0.3, -0.25) is 9.69 Å². The monoisotopic (exact) mass is 416 g/mol. The minimum absolute atomic E-state index is 0.111. The zero-order valence-corrected chi connectivity index (χ0v) is 18.2. The molecule has 1 atom stereocenters. The highest BCUT2D eigenvalue weighted by atomic mass is 19.1. The number of carbonyl (C=O) groups is 1. The lowest BCUT2D eigenvalue weighted by molar-refractivity contribution is -0.134. The third-order valence-electron chi connectivity index (χ3n) is 7.28. The molecule has 5 heteroatoms. The van der Waals surface area contributed by atoms with Gasteiger partial charge in [0.25, 0.3) is 0 Å². The van der Waals surface area contributed by atoms with E-state index >= 15 is 0 Å². The van der Waals surface area contributed by atoms with E-state index in [0.717, 1.165) is 70.5 Å². The Hall–Kier alpha value is -1.46. The van der Waals surface area contributed by atoms with E-state index in [1.165, 1.54) is 25.7 Å². The van der Waals surface area contributed by atoms with Crippen molar-refractivity contribution in [2.75, 3.05) is 32.8 Å². The molecule has 4 nitrogen and oxygen atoms in total. The van der Waals surface area contributed by atoms with Crippen LogP contribution >= 0.6 is 0 Å². The first kappa shape index (κ1) is 21.8. The van der Waals surface area contributed by atoms with Crippen molar-refractivity contribution >= 4 is 5.91 Å². The van der Waals surface area contributed by atoms with Crippen molar-refractivity contribution in [3.63, 3.8) is 0 Å². The number of amides is 1. The Bertz CT molecular complexity index is 677. The molecule has 1 aromatic carbocycles. The van der Waals surface area contributed by atoms with Gasteiger partial charge in [0.15, 0.2) is 0 Å². The number of likely N-dealkylation sites (tertiary alicyclic amines) is 1. The third-order valence-corrected chi connectivity index (χ3v) is 7.28. The number of carbonyl (C=O) groups excluding carboxylic acids is 1. The summed E-state index contributed by atoms with van der Waals surface area (Å²) in [6, 6.07) is 7.08. The van der Waals surface area contributed by atoms with Crippen LogP contribution in [-0.2, 0) is 16.1 Å². The fourth-order valence-corrected chi connectivity index (χ4v) is 5.41. The van der Waals surface area contributed by atoms with Gasteiger partial charge in [0.2, 0.25) is 5.91 Å². The highest BCUT2D eigenvalue weighted by Gasteiger charge is 2.29. The molecule has 0 spiro atoms. The Balaban J connectivity index is 1.28. The smallest absolute Gasteiger partial charge is 0.222 e. The average molecular weight is 417 g/mol. The van der Waals surface area contributed by atoms with Gasteiger partial charge in [-0.1, -0.05) is 31.0 Å². The molecule has 3 aliphatic rings. The molecule has 2 heterocycles. The number of halogens is 1. The summed E-state index contributed by atoms with van der Waals surface area (Å²) in [6.07, 6.45) is 10.3. The topological polar surface area (TPSA) is 32.8 Å². The van der Waals surface area contributed by atoms with Crippen LogP contribution in [0, 0.1) is 17.7 Å². The van der Waals surface area contributed by atoms with Crippen LogP contribution in [-0.4, -0.2) is 54.6 Å². The van der Waals surface area contributed by atoms with Gasteiger partial charge in [-0.2, -0.15) is 0 Å². The standard InChI is InChI=1S/C25H37FN2O2/c26-24-10-4-3-8-22(24)18-27-13-11-21(12-14-27)17-28(19-23-9-5-15-30-23)25(29)16-20-6-1-2-7-20/h3-4,8,10,20-21,23H,1-2,5-7,9,11-19H2. The maximum absolute atomic E-state index is 14.0. The van der Waals surface area contributed by atoms with E-state index in [2.05, 4.69) is 9.80 Å². The van der Waals surface area contributed by atoms with E-state index < -0.39 is 0 Å². The molecule has 30 heavy (non-hydrogen) atoms. The lowest BCUT2D eigenvalue weighted by atomic mass is 9.94. The van der Waals surface area contributed by atoms with Gasteiger partial charge in [-0.25, -0.2) is 4.39 Å². The number of rotatable bonds is 8. The van der Waals surface area contributed by atoms with Crippen molar-refractivity contribution in [3.8, 4) is 0 Å². The number of ether oxygens (including phenoxy) is 1. The van der Waals surface area contributed by atoms with Crippen LogP contribution in [0.3, 0.4) is 0 Å². The van der Waals surface area contributed by atoms with Gasteiger partial charge in [0, 0.05) is 38.2 Å². The average Bonchev–Trinajstić information content (AvgIpc) is 3.45. The van der Waals surface area contributed by atoms with Crippen LogP contribution in [0.5, 0.6) is 0 Å². The van der Waals surface area contributed by atoms with E-state index in [4.69, 9.17) is 4.74 Å². The molecule has 0 N–H and O–H groups in total. The Morgan fingerprint density at radius 3 is 2.47 bits per heavy atom. The lowest BCUT2D eigenvalue weighted by Gasteiger charge is -2.36. The first-order valence-electron chi connectivity index (χ1n) is 12.0. The van der Waals surface area contributed by atoms with Crippen molar-refractivity contribution in [3.05, 3.63) is 35.6 Å². The zero-order valence-electron chi connectivity index (χ0n) is 18.2. The molecule has 0 bridgehead atoms. The van der Waals surface area contributed by atoms with E-state index in [1.54, 1.807) is 12.1 Å². The highest BCUT2D eigenvalue weighted by molar-refractivity contribution is 5.76. The molecule has 1 unspecified atom stereocenters. The predicted octanol–water partition coefficient (Wildman–Crippen LogP) is 4.63. The maximum atomic E-state index is 14.0. The normalized spacial score (nSPS) is 23.8. The lowest BCUT2D eigenvalue weighted by Crippen LogP contribution is -2.44. The van der Waals surface area contributed by atoms with E-state index in [-0.39, 0.29) is 11.9 Å². The van der Waals surface area contributed by atoms with Crippen LogP contribution in [0.2, 0.25) is 0 Å². The minimum atomic E-state index is -0.111. The summed E-state index contributed by atoms with van der Waals surface area (Å²) in [5.41, 5.74) is 0.780. The Labute approximate surface area is 180 Å². The van der Waals surface area contributed by atoms with Gasteiger partial charge < -0.3 is 9.64 Å². The van der Waals surface area contributed by atoms with Crippen LogP contribution in [0.25, 0.3) is 0 Å². The summed E-state index contributed by atoms with van der Waals surface area (Å²) in [7, 11) is 0. The number of hydrogen-bond acceptors (Lipinski definition) is 3. The molecule has 0 radical (unpaired) electrons. The van der Waals surface area contributed by atoms with E-state index in [1.807, 2.05) is 12.1 Å². The molecular weight excluding hydrogens is 379 g/mol. The molecule has 4 rings (SSSR count). The van der Waals surface area contributed by atoms with Crippen LogP contribution in [0.1, 0.15) is 63.4 Å². The van der Waals surface area contributed by atoms with Gasteiger partial charge in [0.1, 0.15) is 5.82 Å². The summed E-state index contributed by atoms with van der Waals surface area (Å²) < 4.78 is 19.8. The molecule has 0 aromatic heterocycles. The van der Waals surface area contributed by atoms with Gasteiger partial charge in [0.05, 0.1) is 6.10 Å². The molecule has 1 amide bonds. The predicted molar refractivity (Wildman–Crippen MR) is 117 cm³/mol. The first-order chi connectivity index (χ1) is 14.7. The molecule has 1 aromatic rings. The van der Waals surface area contributed by atoms with Crippen LogP contribution in [0.4, 0.5) is 4.39 Å². The summed E-state index contributed by atoms with van der Waals surface area (Å²) in [4.78, 5) is 17.6. The van der Waals surface area contributed by atoms with Gasteiger partial charge in [-0.05, 0) is 69.5 Å². The van der Waals surface area contributed by atoms with Crippen LogP contribution in [0.15, 0.2) is 24.3 Å². The van der Waals surface area contributed by atoms with Crippen molar-refractivity contribution in [1.82, 2.24) is 9.80 Å². The summed E-state index contributed by atoms with van der Waals surface area (Å²) in [5, 5.41) is 0. The molecule has 2 aliphatic heterocycles. The molecule has 2 saturated heterocycles. The molecule has 1 aliphatic carbocycles. The van der Waals surface area contributed by atoms with E-state index in [0.29, 0.717) is 24.3 Å². The Morgan fingerprint density at radius 2 is 1.77 bits per heavy atom. The van der Waals surface area contributed by atoms with Crippen molar-refractivity contribution in [2.45, 2.75) is 70.4 Å². The highest BCUT2D eigenvalue weighted by Crippen LogP contribution is 2.29. The maximum Gasteiger partial charge on any atom is 0.222 e. The van der Waals surface area contributed by atoms with Gasteiger partial charge >= 0.3 is 0 Å². The molecular formula is C25H37FN2O2.